The molecule has 150 valence electrons. The molecule has 1 aliphatic heterocycles. The molecule has 0 bridgehead atoms. The molecular weight excluding hydrogens is 392 g/mol. The Kier molecular flexibility index (Phi) is 5.97. The van der Waals surface area contributed by atoms with Crippen molar-refractivity contribution in [2.75, 3.05) is 17.2 Å². The van der Waals surface area contributed by atoms with E-state index in [2.05, 4.69) is 20.8 Å². The van der Waals surface area contributed by atoms with Crippen LogP contribution in [0.4, 0.5) is 11.4 Å². The summed E-state index contributed by atoms with van der Waals surface area (Å²) in [6.07, 6.45) is 1.86. The van der Waals surface area contributed by atoms with Crippen LogP contribution >= 0.6 is 11.3 Å². The Morgan fingerprint density at radius 3 is 2.59 bits per heavy atom. The summed E-state index contributed by atoms with van der Waals surface area (Å²) in [6.45, 7) is 0.627. The van der Waals surface area contributed by atoms with E-state index in [9.17, 15) is 9.59 Å². The summed E-state index contributed by atoms with van der Waals surface area (Å²) in [4.78, 5) is 24.2. The van der Waals surface area contributed by atoms with E-state index in [1.54, 1.807) is 35.6 Å². The quantitative estimate of drug-likeness (QED) is 0.615. The molecule has 1 fully saturated rings. The number of nitrogens with one attached hydrogen (secondary N) is 2. The van der Waals surface area contributed by atoms with Gasteiger partial charge in [-0.05, 0) is 48.6 Å². The van der Waals surface area contributed by atoms with E-state index in [1.165, 1.54) is 0 Å². The van der Waals surface area contributed by atoms with Gasteiger partial charge in [0, 0.05) is 41.8 Å². The number of nitrogens with zero attached hydrogens (tertiary/aromatic N) is 2. The normalized spacial score (nSPS) is 15.9. The van der Waals surface area contributed by atoms with Gasteiger partial charge in [0.15, 0.2) is 0 Å². The molecule has 2 N–H and O–H groups in total. The molecule has 3 heterocycles. The van der Waals surface area contributed by atoms with E-state index in [-0.39, 0.29) is 24.3 Å². The molecule has 2 aromatic heterocycles. The van der Waals surface area contributed by atoms with E-state index in [4.69, 9.17) is 9.15 Å². The van der Waals surface area contributed by atoms with Gasteiger partial charge in [0.1, 0.15) is 6.10 Å². The first-order valence-electron chi connectivity index (χ1n) is 9.35. The minimum Gasteiger partial charge on any atom is -0.421 e. The highest BCUT2D eigenvalue weighted by atomic mass is 32.1. The van der Waals surface area contributed by atoms with Crippen LogP contribution in [-0.2, 0) is 20.7 Å². The zero-order valence-electron chi connectivity index (χ0n) is 15.6. The fourth-order valence-corrected chi connectivity index (χ4v) is 3.58. The van der Waals surface area contributed by atoms with Crippen LogP contribution in [0, 0.1) is 0 Å². The average Bonchev–Trinajstić information content (AvgIpc) is 3.50. The van der Waals surface area contributed by atoms with Crippen LogP contribution < -0.4 is 10.6 Å². The molecule has 1 aliphatic rings. The van der Waals surface area contributed by atoms with Crippen molar-refractivity contribution in [1.82, 2.24) is 10.2 Å². The molecule has 0 aliphatic carbocycles. The zero-order valence-corrected chi connectivity index (χ0v) is 16.4. The van der Waals surface area contributed by atoms with Gasteiger partial charge < -0.3 is 19.8 Å². The number of rotatable bonds is 7. The summed E-state index contributed by atoms with van der Waals surface area (Å²) >= 11 is 1.55. The van der Waals surface area contributed by atoms with E-state index < -0.39 is 0 Å². The van der Waals surface area contributed by atoms with Gasteiger partial charge in [0.2, 0.25) is 17.7 Å². The molecule has 9 heteroatoms. The number of carbonyl (C=O) groups excluding carboxylic acids is 2. The van der Waals surface area contributed by atoms with Gasteiger partial charge in [-0.15, -0.1) is 10.2 Å². The first kappa shape index (κ1) is 19.3. The smallest absolute Gasteiger partial charge is 0.253 e. The average molecular weight is 412 g/mol. The molecule has 1 atom stereocenters. The number of aromatic nitrogens is 2. The van der Waals surface area contributed by atoms with Crippen LogP contribution in [0.3, 0.4) is 0 Å². The molecule has 1 unspecified atom stereocenters. The minimum absolute atomic E-state index is 0.138. The minimum atomic E-state index is -0.376. The lowest BCUT2D eigenvalue weighted by atomic mass is 10.2. The fourth-order valence-electron chi connectivity index (χ4n) is 2.95. The topological polar surface area (TPSA) is 106 Å². The predicted octanol–water partition coefficient (Wildman–Crippen LogP) is 3.49. The number of hydrogen-bond acceptors (Lipinski definition) is 7. The number of thiophene rings is 1. The first-order valence-corrected chi connectivity index (χ1v) is 10.3. The zero-order chi connectivity index (χ0) is 20.1. The predicted molar refractivity (Wildman–Crippen MR) is 109 cm³/mol. The van der Waals surface area contributed by atoms with Gasteiger partial charge in [-0.3, -0.25) is 9.59 Å². The highest BCUT2D eigenvalue weighted by Crippen LogP contribution is 2.21. The van der Waals surface area contributed by atoms with Crippen LogP contribution in [0.25, 0.3) is 11.5 Å². The van der Waals surface area contributed by atoms with Crippen LogP contribution in [0.1, 0.15) is 25.2 Å². The maximum absolute atomic E-state index is 12.2. The second-order valence-electron chi connectivity index (χ2n) is 6.63. The van der Waals surface area contributed by atoms with Gasteiger partial charge in [-0.25, -0.2) is 0 Å². The number of ether oxygens (including phenoxy) is 1. The van der Waals surface area contributed by atoms with E-state index >= 15 is 0 Å². The van der Waals surface area contributed by atoms with Gasteiger partial charge in [0.25, 0.3) is 5.91 Å². The lowest BCUT2D eigenvalue weighted by Gasteiger charge is -2.11. The number of amides is 2. The summed E-state index contributed by atoms with van der Waals surface area (Å²) in [5, 5.41) is 17.5. The third-order valence-electron chi connectivity index (χ3n) is 4.46. The third-order valence-corrected chi connectivity index (χ3v) is 5.14. The Balaban J connectivity index is 1.24. The molecule has 4 rings (SSSR count). The van der Waals surface area contributed by atoms with Crippen molar-refractivity contribution < 1.29 is 18.7 Å². The molecule has 3 aromatic rings. The molecule has 1 saturated heterocycles. The van der Waals surface area contributed by atoms with E-state index in [0.29, 0.717) is 36.2 Å². The van der Waals surface area contributed by atoms with Crippen molar-refractivity contribution >= 4 is 34.5 Å². The van der Waals surface area contributed by atoms with E-state index in [0.717, 1.165) is 18.4 Å². The van der Waals surface area contributed by atoms with Gasteiger partial charge in [0.05, 0.1) is 0 Å². The highest BCUT2D eigenvalue weighted by molar-refractivity contribution is 7.08. The lowest BCUT2D eigenvalue weighted by Crippen LogP contribution is -2.26. The largest absolute Gasteiger partial charge is 0.421 e. The summed E-state index contributed by atoms with van der Waals surface area (Å²) < 4.78 is 10.9. The van der Waals surface area contributed by atoms with Gasteiger partial charge in [-0.1, -0.05) is 0 Å². The molecule has 0 radical (unpaired) electrons. The van der Waals surface area contributed by atoms with Crippen molar-refractivity contribution in [3.05, 3.63) is 47.0 Å². The van der Waals surface area contributed by atoms with Crippen molar-refractivity contribution in [2.45, 2.75) is 31.8 Å². The van der Waals surface area contributed by atoms with Crippen molar-refractivity contribution in [1.29, 1.82) is 0 Å². The maximum Gasteiger partial charge on any atom is 0.253 e. The molecule has 2 amide bonds. The highest BCUT2D eigenvalue weighted by Gasteiger charge is 2.23. The molecule has 8 nitrogen and oxygen atoms in total. The fraction of sp³-hybridized carbons (Fsp3) is 0.300. The Labute approximate surface area is 171 Å². The second-order valence-corrected chi connectivity index (χ2v) is 7.41. The Bertz CT molecular complexity index is 963. The Morgan fingerprint density at radius 1 is 1.10 bits per heavy atom. The molecule has 1 aromatic carbocycles. The lowest BCUT2D eigenvalue weighted by molar-refractivity contribution is -0.124. The van der Waals surface area contributed by atoms with Crippen LogP contribution in [0.5, 0.6) is 0 Å². The Hall–Kier alpha value is -3.04. The van der Waals surface area contributed by atoms with Gasteiger partial charge >= 0.3 is 0 Å². The van der Waals surface area contributed by atoms with Crippen LogP contribution in [0.15, 0.2) is 45.5 Å². The van der Waals surface area contributed by atoms with Crippen molar-refractivity contribution in [3.8, 4) is 11.5 Å². The summed E-state index contributed by atoms with van der Waals surface area (Å²) in [6, 6.07) is 8.87. The SMILES string of the molecule is O=C(CCc1nnc(-c2ccsc2)o1)Nc1ccc(NC(=O)C2CCCO2)cc1. The summed E-state index contributed by atoms with van der Waals surface area (Å²) in [5.74, 6) is 0.591. The number of hydrogen-bond donors (Lipinski definition) is 2. The summed E-state index contributed by atoms with van der Waals surface area (Å²) in [7, 11) is 0. The Morgan fingerprint density at radius 2 is 1.90 bits per heavy atom. The molecule has 29 heavy (non-hydrogen) atoms. The summed E-state index contributed by atoms with van der Waals surface area (Å²) in [5.41, 5.74) is 2.19. The van der Waals surface area contributed by atoms with Crippen molar-refractivity contribution in [3.63, 3.8) is 0 Å². The van der Waals surface area contributed by atoms with Crippen molar-refractivity contribution in [2.24, 2.45) is 0 Å². The number of carbonyl (C=O) groups is 2. The maximum atomic E-state index is 12.2. The second kappa shape index (κ2) is 8.97. The monoisotopic (exact) mass is 412 g/mol. The third kappa shape index (κ3) is 5.07. The molecular formula is C20H20N4O4S. The number of anilines is 2. The number of benzene rings is 1. The standard InChI is InChI=1S/C20H20N4O4S/c25-17(7-8-18-23-24-20(28-18)13-9-11-29-12-13)21-14-3-5-15(6-4-14)22-19(26)16-2-1-10-27-16/h3-6,9,11-12,16H,1-2,7-8,10H2,(H,21,25)(H,22,26). The first-order chi connectivity index (χ1) is 14.2. The van der Waals surface area contributed by atoms with E-state index in [1.807, 2.05) is 16.8 Å². The van der Waals surface area contributed by atoms with Gasteiger partial charge in [-0.2, -0.15) is 11.3 Å². The molecule has 0 saturated carbocycles. The number of aryl methyl sites for hydroxylation is 1. The van der Waals surface area contributed by atoms with Crippen LogP contribution in [0.2, 0.25) is 0 Å². The van der Waals surface area contributed by atoms with Crippen LogP contribution in [-0.4, -0.2) is 34.7 Å². The molecule has 0 spiro atoms.